The third-order valence-electron chi connectivity index (χ3n) is 9.02. The van der Waals surface area contributed by atoms with Gasteiger partial charge in [-0.3, -0.25) is 9.69 Å². The molecule has 3 fully saturated rings. The molecule has 5 atom stereocenters. The lowest BCUT2D eigenvalue weighted by Crippen LogP contribution is -2.66. The number of alkyl halides is 6. The topological polar surface area (TPSA) is 32.8 Å². The van der Waals surface area contributed by atoms with E-state index < -0.39 is 42.1 Å². The number of hydrogen-bond acceptors (Lipinski definition) is 3. The van der Waals surface area contributed by atoms with E-state index >= 15 is 0 Å². The van der Waals surface area contributed by atoms with Gasteiger partial charge in [-0.2, -0.15) is 26.3 Å². The van der Waals surface area contributed by atoms with Crippen molar-refractivity contribution in [1.29, 1.82) is 0 Å². The monoisotopic (exact) mass is 618 g/mol. The summed E-state index contributed by atoms with van der Waals surface area (Å²) in [6, 6.07) is 20.9. The largest absolute Gasteiger partial charge is 0.416 e. The van der Waals surface area contributed by atoms with Gasteiger partial charge in [-0.05, 0) is 61.7 Å². The molecule has 0 radical (unpaired) electrons. The van der Waals surface area contributed by atoms with E-state index in [0.29, 0.717) is 32.6 Å². The van der Waals surface area contributed by atoms with Crippen molar-refractivity contribution in [2.24, 2.45) is 11.8 Å². The van der Waals surface area contributed by atoms with E-state index in [-0.39, 0.29) is 35.4 Å². The number of hydrogen-bond donors (Lipinski definition) is 0. The van der Waals surface area contributed by atoms with Crippen LogP contribution in [0.1, 0.15) is 54.0 Å². The molecule has 0 saturated carbocycles. The van der Waals surface area contributed by atoms with E-state index in [0.717, 1.165) is 23.3 Å². The van der Waals surface area contributed by atoms with Gasteiger partial charge in [-0.15, -0.1) is 0 Å². The van der Waals surface area contributed by atoms with Crippen molar-refractivity contribution in [3.05, 3.63) is 107 Å². The number of halogens is 6. The highest BCUT2D eigenvalue weighted by atomic mass is 19.4. The van der Waals surface area contributed by atoms with Gasteiger partial charge in [0.1, 0.15) is 0 Å². The molecule has 0 aromatic heterocycles. The fourth-order valence-electron chi connectivity index (χ4n) is 6.98. The Hall–Kier alpha value is -3.37. The van der Waals surface area contributed by atoms with Crippen LogP contribution in [0.2, 0.25) is 0 Å². The van der Waals surface area contributed by atoms with Crippen LogP contribution in [-0.4, -0.2) is 54.0 Å². The molecule has 0 spiro atoms. The van der Waals surface area contributed by atoms with E-state index in [9.17, 15) is 31.1 Å². The molecule has 3 aromatic carbocycles. The molecule has 3 aromatic rings. The quantitative estimate of drug-likeness (QED) is 0.231. The Morgan fingerprint density at radius 3 is 1.86 bits per heavy atom. The molecule has 10 heteroatoms. The first-order chi connectivity index (χ1) is 20.9. The van der Waals surface area contributed by atoms with Gasteiger partial charge in [-0.25, -0.2) is 0 Å². The van der Waals surface area contributed by atoms with Crippen LogP contribution in [-0.2, 0) is 28.5 Å². The van der Waals surface area contributed by atoms with Crippen molar-refractivity contribution in [2.45, 2.75) is 57.3 Å². The summed E-state index contributed by atoms with van der Waals surface area (Å²) < 4.78 is 88.2. The van der Waals surface area contributed by atoms with Crippen LogP contribution in [0, 0.1) is 11.8 Å². The molecule has 0 aliphatic carbocycles. The highest BCUT2D eigenvalue weighted by molar-refractivity contribution is 5.80. The Bertz CT molecular complexity index is 1340. The molecule has 44 heavy (non-hydrogen) atoms. The second kappa shape index (κ2) is 12.9. The molecule has 5 unspecified atom stereocenters. The van der Waals surface area contributed by atoms with Crippen molar-refractivity contribution in [2.75, 3.05) is 26.2 Å². The van der Waals surface area contributed by atoms with Gasteiger partial charge in [0.15, 0.2) is 0 Å². The standard InChI is InChI=1S/C34H36F6N2O2/c1-3-41(4-2)32(43)28-20-42-16-15-27(28)31(30(42)29(23-11-7-5-8-12-23)24-13-9-6-10-14-24)44-21-22-17-25(33(35,36)37)19-26(18-22)34(38,39)40/h5-14,17-19,27-31H,3-4,15-16,20-21H2,1-2H3. The van der Waals surface area contributed by atoms with Gasteiger partial charge in [0.2, 0.25) is 5.91 Å². The minimum absolute atomic E-state index is 0.00820. The van der Waals surface area contributed by atoms with E-state index in [1.54, 1.807) is 4.90 Å². The normalized spacial score (nSPS) is 23.6. The van der Waals surface area contributed by atoms with Crippen LogP contribution in [0.25, 0.3) is 0 Å². The summed E-state index contributed by atoms with van der Waals surface area (Å²) in [7, 11) is 0. The van der Waals surface area contributed by atoms with E-state index in [2.05, 4.69) is 4.90 Å². The maximum absolute atomic E-state index is 13.7. The summed E-state index contributed by atoms with van der Waals surface area (Å²) in [4.78, 5) is 17.7. The molecule has 0 N–H and O–H groups in total. The smallest absolute Gasteiger partial charge is 0.372 e. The lowest BCUT2D eigenvalue weighted by molar-refractivity contribution is -0.167. The van der Waals surface area contributed by atoms with E-state index in [1.807, 2.05) is 74.5 Å². The number of carbonyl (C=O) groups is 1. The second-order valence-corrected chi connectivity index (χ2v) is 11.5. The summed E-state index contributed by atoms with van der Waals surface area (Å²) in [6.45, 7) is 5.64. The molecule has 236 valence electrons. The molecule has 2 bridgehead atoms. The van der Waals surface area contributed by atoms with Crippen LogP contribution >= 0.6 is 0 Å². The van der Waals surface area contributed by atoms with Gasteiger partial charge >= 0.3 is 12.4 Å². The Kier molecular flexibility index (Phi) is 9.41. The number of amides is 1. The molecule has 6 rings (SSSR count). The van der Waals surface area contributed by atoms with Gasteiger partial charge in [0.05, 0.1) is 29.8 Å². The van der Waals surface area contributed by atoms with Crippen molar-refractivity contribution in [3.63, 3.8) is 0 Å². The van der Waals surface area contributed by atoms with Crippen LogP contribution in [0.4, 0.5) is 26.3 Å². The van der Waals surface area contributed by atoms with Gasteiger partial charge in [0, 0.05) is 37.5 Å². The Morgan fingerprint density at radius 2 is 1.39 bits per heavy atom. The summed E-state index contributed by atoms with van der Waals surface area (Å²) in [5.41, 5.74) is -0.954. The highest BCUT2D eigenvalue weighted by Crippen LogP contribution is 2.46. The first kappa shape index (κ1) is 32.0. The van der Waals surface area contributed by atoms with Gasteiger partial charge in [0.25, 0.3) is 0 Å². The molecule has 4 nitrogen and oxygen atoms in total. The lowest BCUT2D eigenvalue weighted by atomic mass is 9.67. The zero-order chi connectivity index (χ0) is 31.6. The number of fused-ring (bicyclic) bond motifs is 3. The van der Waals surface area contributed by atoms with Crippen molar-refractivity contribution < 1.29 is 35.9 Å². The van der Waals surface area contributed by atoms with Crippen LogP contribution in [0.5, 0.6) is 0 Å². The van der Waals surface area contributed by atoms with E-state index in [1.165, 1.54) is 0 Å². The SMILES string of the molecule is CCN(CC)C(=O)C1CN2CCC1C(OCc1cc(C(F)(F)F)cc(C(F)(F)F)c1)C2C(c1ccccc1)c1ccccc1. The fourth-order valence-corrected chi connectivity index (χ4v) is 6.98. The predicted octanol–water partition coefficient (Wildman–Crippen LogP) is 7.63. The first-order valence-electron chi connectivity index (χ1n) is 14.9. The molecule has 3 heterocycles. The molecule has 3 aliphatic rings. The van der Waals surface area contributed by atoms with Crippen molar-refractivity contribution in [3.8, 4) is 0 Å². The maximum Gasteiger partial charge on any atom is 0.416 e. The third-order valence-corrected chi connectivity index (χ3v) is 9.02. The summed E-state index contributed by atoms with van der Waals surface area (Å²) in [5, 5.41) is 0. The fraction of sp³-hybridized carbons (Fsp3) is 0.441. The summed E-state index contributed by atoms with van der Waals surface area (Å²) in [6.07, 6.45) is -9.91. The average molecular weight is 619 g/mol. The molecular weight excluding hydrogens is 582 g/mol. The molecule has 1 amide bonds. The Morgan fingerprint density at radius 1 is 0.864 bits per heavy atom. The van der Waals surface area contributed by atoms with Crippen molar-refractivity contribution in [1.82, 2.24) is 9.80 Å². The second-order valence-electron chi connectivity index (χ2n) is 11.5. The number of carbonyl (C=O) groups excluding carboxylic acids is 1. The van der Waals surface area contributed by atoms with Gasteiger partial charge < -0.3 is 9.64 Å². The molecular formula is C34H36F6N2O2. The molecule has 3 aliphatic heterocycles. The number of piperidine rings is 3. The summed E-state index contributed by atoms with van der Waals surface area (Å²) in [5.74, 6) is -0.877. The number of nitrogens with zero attached hydrogens (tertiary/aromatic N) is 2. The number of ether oxygens (including phenoxy) is 1. The first-order valence-corrected chi connectivity index (χ1v) is 14.9. The highest BCUT2D eigenvalue weighted by Gasteiger charge is 2.53. The maximum atomic E-state index is 13.7. The zero-order valence-corrected chi connectivity index (χ0v) is 24.6. The minimum atomic E-state index is -4.96. The summed E-state index contributed by atoms with van der Waals surface area (Å²) >= 11 is 0. The van der Waals surface area contributed by atoms with Crippen LogP contribution in [0.3, 0.4) is 0 Å². The number of benzene rings is 3. The van der Waals surface area contributed by atoms with Crippen molar-refractivity contribution >= 4 is 5.91 Å². The predicted molar refractivity (Wildman–Crippen MR) is 155 cm³/mol. The van der Waals surface area contributed by atoms with Crippen LogP contribution in [0.15, 0.2) is 78.9 Å². The van der Waals surface area contributed by atoms with E-state index in [4.69, 9.17) is 4.74 Å². The third kappa shape index (κ3) is 6.66. The van der Waals surface area contributed by atoms with Crippen LogP contribution < -0.4 is 0 Å². The zero-order valence-electron chi connectivity index (χ0n) is 24.6. The number of rotatable bonds is 9. The van der Waals surface area contributed by atoms with Gasteiger partial charge in [-0.1, -0.05) is 60.7 Å². The average Bonchev–Trinajstić information content (AvgIpc) is 3.01. The Balaban J connectivity index is 1.57. The minimum Gasteiger partial charge on any atom is -0.372 e. The lowest BCUT2D eigenvalue weighted by Gasteiger charge is -2.56. The molecule has 3 saturated heterocycles. The Labute approximate surface area is 253 Å².